The minimum atomic E-state index is -0.823. The average molecular weight is 371 g/mol. The number of ether oxygens (including phenoxy) is 2. The number of carboxylic acids is 1. The van der Waals surface area contributed by atoms with Gasteiger partial charge in [-0.25, -0.2) is 9.97 Å². The summed E-state index contributed by atoms with van der Waals surface area (Å²) in [6.45, 7) is 4.83. The zero-order valence-corrected chi connectivity index (χ0v) is 16.1. The summed E-state index contributed by atoms with van der Waals surface area (Å²) in [5.41, 5.74) is 1.86. The van der Waals surface area contributed by atoms with Crippen molar-refractivity contribution in [2.75, 3.05) is 32.2 Å². The summed E-state index contributed by atoms with van der Waals surface area (Å²) in [6.07, 6.45) is 2.61. The fraction of sp³-hybridized carbons (Fsp3) is 0.450. The molecule has 1 saturated heterocycles. The van der Waals surface area contributed by atoms with E-state index in [0.29, 0.717) is 30.4 Å². The van der Waals surface area contributed by atoms with E-state index in [1.54, 1.807) is 14.2 Å². The van der Waals surface area contributed by atoms with E-state index in [1.807, 2.05) is 38.2 Å². The molecule has 0 spiro atoms. The average Bonchev–Trinajstić information content (AvgIpc) is 3.12. The lowest BCUT2D eigenvalue weighted by Crippen LogP contribution is -2.25. The van der Waals surface area contributed by atoms with E-state index in [9.17, 15) is 9.90 Å². The van der Waals surface area contributed by atoms with Crippen LogP contribution in [0.5, 0.6) is 11.5 Å². The first-order valence-electron chi connectivity index (χ1n) is 9.01. The molecule has 0 aliphatic carbocycles. The first-order chi connectivity index (χ1) is 13.0. The topological polar surface area (TPSA) is 84.8 Å². The van der Waals surface area contributed by atoms with E-state index < -0.39 is 11.9 Å². The van der Waals surface area contributed by atoms with E-state index in [1.165, 1.54) is 0 Å². The van der Waals surface area contributed by atoms with Gasteiger partial charge in [-0.1, -0.05) is 19.1 Å². The van der Waals surface area contributed by atoms with Gasteiger partial charge in [0, 0.05) is 36.3 Å². The number of anilines is 1. The Labute approximate surface area is 159 Å². The summed E-state index contributed by atoms with van der Waals surface area (Å²) in [6, 6.07) is 5.59. The minimum Gasteiger partial charge on any atom is -0.493 e. The lowest BCUT2D eigenvalue weighted by molar-refractivity contribution is -0.141. The van der Waals surface area contributed by atoms with Crippen molar-refractivity contribution in [3.8, 4) is 11.5 Å². The summed E-state index contributed by atoms with van der Waals surface area (Å²) in [5, 5.41) is 9.85. The molecule has 1 aromatic carbocycles. The van der Waals surface area contributed by atoms with Gasteiger partial charge in [-0.15, -0.1) is 0 Å². The third kappa shape index (κ3) is 3.54. The lowest BCUT2D eigenvalue weighted by Gasteiger charge is -2.21. The Balaban J connectivity index is 2.03. The number of benzene rings is 1. The van der Waals surface area contributed by atoms with Gasteiger partial charge in [0.2, 0.25) is 0 Å². The van der Waals surface area contributed by atoms with Gasteiger partial charge in [-0.05, 0) is 19.4 Å². The quantitative estimate of drug-likeness (QED) is 0.835. The number of para-hydroxylation sites is 1. The van der Waals surface area contributed by atoms with Gasteiger partial charge in [0.1, 0.15) is 11.6 Å². The molecule has 0 saturated carbocycles. The molecule has 7 heteroatoms. The zero-order chi connectivity index (χ0) is 19.6. The number of methoxy groups -OCH3 is 2. The van der Waals surface area contributed by atoms with Crippen LogP contribution in [0.1, 0.15) is 29.8 Å². The third-order valence-corrected chi connectivity index (χ3v) is 5.11. The van der Waals surface area contributed by atoms with Crippen molar-refractivity contribution in [1.29, 1.82) is 0 Å². The Kier molecular flexibility index (Phi) is 5.48. The zero-order valence-electron chi connectivity index (χ0n) is 16.1. The number of carboxylic acid groups (broad SMARTS) is 1. The second-order valence-corrected chi connectivity index (χ2v) is 6.66. The molecule has 1 aromatic heterocycles. The van der Waals surface area contributed by atoms with Crippen LogP contribution in [0.25, 0.3) is 0 Å². The number of aliphatic carboxylic acids is 1. The fourth-order valence-corrected chi connectivity index (χ4v) is 3.75. The number of aryl methyl sites for hydroxylation is 2. The number of hydrogen-bond donors (Lipinski definition) is 1. The first kappa shape index (κ1) is 18.9. The third-order valence-electron chi connectivity index (χ3n) is 5.11. The Hall–Kier alpha value is -2.83. The van der Waals surface area contributed by atoms with Crippen molar-refractivity contribution in [3.05, 3.63) is 41.3 Å². The van der Waals surface area contributed by atoms with Crippen LogP contribution in [0, 0.1) is 12.8 Å². The van der Waals surface area contributed by atoms with Gasteiger partial charge >= 0.3 is 5.97 Å². The van der Waals surface area contributed by atoms with Crippen LogP contribution in [0.4, 0.5) is 5.82 Å². The number of carbonyl (C=O) groups is 1. The molecule has 27 heavy (non-hydrogen) atoms. The Morgan fingerprint density at radius 2 is 2.07 bits per heavy atom. The van der Waals surface area contributed by atoms with Gasteiger partial charge in [-0.3, -0.25) is 4.79 Å². The number of nitrogens with zero attached hydrogens (tertiary/aromatic N) is 3. The van der Waals surface area contributed by atoms with Crippen LogP contribution in [0.3, 0.4) is 0 Å². The molecule has 1 aliphatic rings. The molecule has 2 atom stereocenters. The Morgan fingerprint density at radius 1 is 1.30 bits per heavy atom. The summed E-state index contributed by atoms with van der Waals surface area (Å²) < 4.78 is 10.9. The molecule has 1 fully saturated rings. The van der Waals surface area contributed by atoms with Crippen molar-refractivity contribution < 1.29 is 19.4 Å². The lowest BCUT2D eigenvalue weighted by atomic mass is 9.88. The first-order valence-corrected chi connectivity index (χ1v) is 9.01. The van der Waals surface area contributed by atoms with E-state index in [0.717, 1.165) is 23.4 Å². The van der Waals surface area contributed by atoms with Crippen molar-refractivity contribution in [1.82, 2.24) is 9.97 Å². The van der Waals surface area contributed by atoms with E-state index in [-0.39, 0.29) is 5.92 Å². The summed E-state index contributed by atoms with van der Waals surface area (Å²) in [7, 11) is 3.15. The maximum absolute atomic E-state index is 12.0. The van der Waals surface area contributed by atoms with Crippen LogP contribution in [-0.4, -0.2) is 48.4 Å². The Morgan fingerprint density at radius 3 is 2.70 bits per heavy atom. The van der Waals surface area contributed by atoms with Crippen molar-refractivity contribution >= 4 is 11.8 Å². The largest absolute Gasteiger partial charge is 0.493 e. The highest BCUT2D eigenvalue weighted by Crippen LogP contribution is 2.43. The standard InChI is InChI=1S/C20H25N3O4/c1-5-13-9-21-12(2)22-19(13)23-10-15(16(11-23)20(24)25)14-7-6-8-17(26-3)18(14)27-4/h6-9,15-16H,5,10-11H2,1-4H3,(H,24,25)/t15-,16+/m0/s1. The second kappa shape index (κ2) is 7.82. The predicted octanol–water partition coefficient (Wildman–Crippen LogP) is 2.67. The molecule has 0 bridgehead atoms. The van der Waals surface area contributed by atoms with Gasteiger partial charge in [0.05, 0.1) is 20.1 Å². The van der Waals surface area contributed by atoms with Gasteiger partial charge in [0.15, 0.2) is 11.5 Å². The van der Waals surface area contributed by atoms with E-state index >= 15 is 0 Å². The second-order valence-electron chi connectivity index (χ2n) is 6.66. The molecule has 2 aromatic rings. The van der Waals surface area contributed by atoms with Crippen LogP contribution >= 0.6 is 0 Å². The fourth-order valence-electron chi connectivity index (χ4n) is 3.75. The molecular formula is C20H25N3O4. The van der Waals surface area contributed by atoms with Crippen LogP contribution in [-0.2, 0) is 11.2 Å². The van der Waals surface area contributed by atoms with Crippen LogP contribution in [0.2, 0.25) is 0 Å². The molecule has 2 heterocycles. The minimum absolute atomic E-state index is 0.229. The summed E-state index contributed by atoms with van der Waals surface area (Å²) >= 11 is 0. The maximum Gasteiger partial charge on any atom is 0.308 e. The van der Waals surface area contributed by atoms with Crippen molar-refractivity contribution in [2.45, 2.75) is 26.2 Å². The normalized spacial score (nSPS) is 19.2. The highest BCUT2D eigenvalue weighted by atomic mass is 16.5. The summed E-state index contributed by atoms with van der Waals surface area (Å²) in [5.74, 6) is 1.07. The monoisotopic (exact) mass is 371 g/mol. The SMILES string of the molecule is CCc1cnc(C)nc1N1C[C@@H](C(=O)O)[C@H](c2cccc(OC)c2OC)C1. The van der Waals surface area contributed by atoms with Gasteiger partial charge in [-0.2, -0.15) is 0 Å². The highest BCUT2D eigenvalue weighted by Gasteiger charge is 2.41. The molecule has 3 rings (SSSR count). The molecule has 0 unspecified atom stereocenters. The maximum atomic E-state index is 12.0. The van der Waals surface area contributed by atoms with Gasteiger partial charge in [0.25, 0.3) is 0 Å². The molecule has 0 radical (unpaired) electrons. The van der Waals surface area contributed by atoms with E-state index in [2.05, 4.69) is 14.9 Å². The molecule has 0 amide bonds. The van der Waals surface area contributed by atoms with Gasteiger partial charge < -0.3 is 19.5 Å². The molecule has 144 valence electrons. The number of rotatable bonds is 6. The summed E-state index contributed by atoms with van der Waals surface area (Å²) in [4.78, 5) is 22.9. The van der Waals surface area contributed by atoms with Crippen molar-refractivity contribution in [2.24, 2.45) is 5.92 Å². The van der Waals surface area contributed by atoms with Crippen LogP contribution in [0.15, 0.2) is 24.4 Å². The number of aromatic nitrogens is 2. The predicted molar refractivity (Wildman–Crippen MR) is 102 cm³/mol. The molecule has 7 nitrogen and oxygen atoms in total. The Bertz CT molecular complexity index is 840. The molecule has 1 aliphatic heterocycles. The molecular weight excluding hydrogens is 346 g/mol. The smallest absolute Gasteiger partial charge is 0.308 e. The van der Waals surface area contributed by atoms with Crippen LogP contribution < -0.4 is 14.4 Å². The number of hydrogen-bond acceptors (Lipinski definition) is 6. The van der Waals surface area contributed by atoms with E-state index in [4.69, 9.17) is 9.47 Å². The van der Waals surface area contributed by atoms with Crippen molar-refractivity contribution in [3.63, 3.8) is 0 Å². The highest BCUT2D eigenvalue weighted by molar-refractivity contribution is 5.74. The molecule has 1 N–H and O–H groups in total.